The van der Waals surface area contributed by atoms with Crippen LogP contribution in [-0.4, -0.2) is 24.5 Å². The molecule has 2 fully saturated rings. The van der Waals surface area contributed by atoms with Crippen molar-refractivity contribution in [3.8, 4) is 5.75 Å². The fraction of sp³-hybridized carbons (Fsp3) is 0.562. The molecule has 5 rings (SSSR count). The van der Waals surface area contributed by atoms with Crippen molar-refractivity contribution in [3.63, 3.8) is 0 Å². The van der Waals surface area contributed by atoms with E-state index in [-0.39, 0.29) is 11.5 Å². The van der Waals surface area contributed by atoms with E-state index in [0.717, 1.165) is 37.1 Å². The zero-order valence-corrected chi connectivity index (χ0v) is 10.8. The first-order chi connectivity index (χ1) is 9.32. The van der Waals surface area contributed by atoms with Gasteiger partial charge in [0.2, 0.25) is 0 Å². The number of carbonyl (C=O) groups is 1. The summed E-state index contributed by atoms with van der Waals surface area (Å²) < 4.78 is 6.25. The Morgan fingerprint density at radius 2 is 2.26 bits per heavy atom. The fourth-order valence-corrected chi connectivity index (χ4v) is 5.21. The summed E-state index contributed by atoms with van der Waals surface area (Å²) in [5, 5.41) is 3.47. The Morgan fingerprint density at radius 1 is 1.32 bits per heavy atom. The van der Waals surface area contributed by atoms with Gasteiger partial charge in [0.25, 0.3) is 0 Å². The summed E-state index contributed by atoms with van der Waals surface area (Å²) >= 11 is 0. The first kappa shape index (κ1) is 10.4. The van der Waals surface area contributed by atoms with Crippen molar-refractivity contribution in [2.75, 3.05) is 6.54 Å². The molecule has 0 aromatic heterocycles. The highest BCUT2D eigenvalue weighted by molar-refractivity contribution is 6.04. The largest absolute Gasteiger partial charge is 0.489 e. The van der Waals surface area contributed by atoms with E-state index in [1.54, 1.807) is 0 Å². The fourth-order valence-electron chi connectivity index (χ4n) is 5.21. The molecule has 1 N–H and O–H groups in total. The maximum absolute atomic E-state index is 12.7. The topological polar surface area (TPSA) is 38.3 Å². The zero-order valence-electron chi connectivity index (χ0n) is 10.8. The normalized spacial score (nSPS) is 41.7. The van der Waals surface area contributed by atoms with Crippen LogP contribution in [-0.2, 0) is 5.41 Å². The highest BCUT2D eigenvalue weighted by Gasteiger charge is 2.63. The number of carbonyl (C=O) groups excluding carboxylic acids is 1. The summed E-state index contributed by atoms with van der Waals surface area (Å²) in [6.07, 6.45) is 4.92. The van der Waals surface area contributed by atoms with E-state index in [0.29, 0.717) is 17.8 Å². The van der Waals surface area contributed by atoms with E-state index in [9.17, 15) is 4.79 Å². The Balaban J connectivity index is 1.87. The maximum atomic E-state index is 12.7. The molecule has 0 radical (unpaired) electrons. The van der Waals surface area contributed by atoms with E-state index < -0.39 is 0 Å². The molecule has 2 aliphatic heterocycles. The van der Waals surface area contributed by atoms with Crippen molar-refractivity contribution in [2.24, 2.45) is 5.92 Å². The van der Waals surface area contributed by atoms with E-state index in [1.807, 2.05) is 12.1 Å². The van der Waals surface area contributed by atoms with Crippen molar-refractivity contribution in [1.82, 2.24) is 5.32 Å². The molecule has 98 valence electrons. The van der Waals surface area contributed by atoms with Crippen LogP contribution in [0.5, 0.6) is 5.75 Å². The molecule has 2 bridgehead atoms. The van der Waals surface area contributed by atoms with Gasteiger partial charge in [-0.1, -0.05) is 12.1 Å². The smallest absolute Gasteiger partial charge is 0.180 e. The molecule has 3 nitrogen and oxygen atoms in total. The van der Waals surface area contributed by atoms with Gasteiger partial charge in [-0.15, -0.1) is 0 Å². The van der Waals surface area contributed by atoms with Crippen LogP contribution in [0.4, 0.5) is 0 Å². The predicted molar refractivity (Wildman–Crippen MR) is 70.6 cm³/mol. The lowest BCUT2D eigenvalue weighted by Crippen LogP contribution is -2.65. The predicted octanol–water partition coefficient (Wildman–Crippen LogP) is 2.04. The SMILES string of the molecule is O=C1c2cccc3c2[C@]24CCN[C@H]1[C@@H]2CCCC4O3. The van der Waals surface area contributed by atoms with Crippen LogP contribution in [0.1, 0.15) is 41.6 Å². The molecule has 3 heteroatoms. The number of ketones is 1. The number of rotatable bonds is 0. The van der Waals surface area contributed by atoms with Gasteiger partial charge in [0.1, 0.15) is 11.9 Å². The molecule has 2 aliphatic carbocycles. The summed E-state index contributed by atoms with van der Waals surface area (Å²) in [5.74, 6) is 1.73. The van der Waals surface area contributed by atoms with Crippen molar-refractivity contribution >= 4 is 5.78 Å². The quantitative estimate of drug-likeness (QED) is 0.771. The van der Waals surface area contributed by atoms with Gasteiger partial charge in [0, 0.05) is 16.5 Å². The van der Waals surface area contributed by atoms with Crippen LogP contribution < -0.4 is 10.1 Å². The average molecular weight is 255 g/mol. The molecule has 0 amide bonds. The third-order valence-corrected chi connectivity index (χ3v) is 5.83. The van der Waals surface area contributed by atoms with E-state index in [2.05, 4.69) is 11.4 Å². The second kappa shape index (κ2) is 3.21. The molecule has 1 aromatic carbocycles. The molecular formula is C16H17NO2. The van der Waals surface area contributed by atoms with E-state index >= 15 is 0 Å². The lowest BCUT2D eigenvalue weighted by molar-refractivity contribution is 0.00646. The van der Waals surface area contributed by atoms with Gasteiger partial charge in [-0.3, -0.25) is 4.79 Å². The van der Waals surface area contributed by atoms with Gasteiger partial charge in [-0.25, -0.2) is 0 Å². The van der Waals surface area contributed by atoms with Gasteiger partial charge in [0.05, 0.1) is 6.04 Å². The summed E-state index contributed by atoms with van der Waals surface area (Å²) in [6, 6.07) is 6.05. The molecule has 19 heavy (non-hydrogen) atoms. The second-order valence-electron chi connectivity index (χ2n) is 6.41. The van der Waals surface area contributed by atoms with Gasteiger partial charge < -0.3 is 10.1 Å². The van der Waals surface area contributed by atoms with Gasteiger partial charge in [-0.2, -0.15) is 0 Å². The molecule has 1 aromatic rings. The van der Waals surface area contributed by atoms with Gasteiger partial charge in [0.15, 0.2) is 5.78 Å². The number of Topliss-reactive ketones (excluding diaryl/α,β-unsaturated/α-hetero) is 1. The highest BCUT2D eigenvalue weighted by Crippen LogP contribution is 2.60. The lowest BCUT2D eigenvalue weighted by Gasteiger charge is -2.54. The number of ether oxygens (including phenoxy) is 1. The highest BCUT2D eigenvalue weighted by atomic mass is 16.5. The van der Waals surface area contributed by atoms with Crippen molar-refractivity contribution in [1.29, 1.82) is 0 Å². The first-order valence-electron chi connectivity index (χ1n) is 7.40. The summed E-state index contributed by atoms with van der Waals surface area (Å²) in [4.78, 5) is 12.7. The number of nitrogens with one attached hydrogen (secondary N) is 1. The number of piperidine rings is 1. The Hall–Kier alpha value is -1.35. The van der Waals surface area contributed by atoms with Crippen molar-refractivity contribution in [3.05, 3.63) is 29.3 Å². The third kappa shape index (κ3) is 1.00. The van der Waals surface area contributed by atoms with Crippen molar-refractivity contribution < 1.29 is 9.53 Å². The van der Waals surface area contributed by atoms with Crippen LogP contribution >= 0.6 is 0 Å². The van der Waals surface area contributed by atoms with Crippen molar-refractivity contribution in [2.45, 2.75) is 43.2 Å². The van der Waals surface area contributed by atoms with Crippen LogP contribution in [0.3, 0.4) is 0 Å². The molecule has 4 atom stereocenters. The molecular weight excluding hydrogens is 238 g/mol. The number of benzene rings is 1. The number of hydrogen-bond donors (Lipinski definition) is 1. The zero-order chi connectivity index (χ0) is 12.6. The summed E-state index contributed by atoms with van der Waals surface area (Å²) in [5.41, 5.74) is 2.32. The lowest BCUT2D eigenvalue weighted by atomic mass is 9.52. The Bertz CT molecular complexity index is 596. The number of hydrogen-bond acceptors (Lipinski definition) is 3. The van der Waals surface area contributed by atoms with Gasteiger partial charge in [-0.05, 0) is 44.2 Å². The standard InChI is InChI=1S/C16H17NO2/c18-15-9-3-1-5-11-13(9)16-7-8-17-14(15)10(16)4-2-6-12(16)19-11/h1,3,5,10,12,14,17H,2,4,6-8H2/t10-,12?,14-,16+/m0/s1. The molecule has 1 saturated carbocycles. The van der Waals surface area contributed by atoms with Gasteiger partial charge >= 0.3 is 0 Å². The van der Waals surface area contributed by atoms with Crippen LogP contribution in [0.15, 0.2) is 18.2 Å². The first-order valence-corrected chi connectivity index (χ1v) is 7.40. The molecule has 1 saturated heterocycles. The minimum atomic E-state index is 0.0287. The molecule has 1 spiro atoms. The molecule has 2 heterocycles. The Kier molecular flexibility index (Phi) is 1.76. The summed E-state index contributed by atoms with van der Waals surface area (Å²) in [6.45, 7) is 0.945. The van der Waals surface area contributed by atoms with E-state index in [1.165, 1.54) is 12.0 Å². The molecule has 1 unspecified atom stereocenters. The monoisotopic (exact) mass is 255 g/mol. The Morgan fingerprint density at radius 3 is 3.21 bits per heavy atom. The summed E-state index contributed by atoms with van der Waals surface area (Å²) in [7, 11) is 0. The Labute approximate surface area is 112 Å². The van der Waals surface area contributed by atoms with Crippen LogP contribution in [0.25, 0.3) is 0 Å². The maximum Gasteiger partial charge on any atom is 0.180 e. The second-order valence-corrected chi connectivity index (χ2v) is 6.41. The average Bonchev–Trinajstić information content (AvgIpc) is 2.77. The minimum Gasteiger partial charge on any atom is -0.489 e. The molecule has 4 aliphatic rings. The van der Waals surface area contributed by atoms with Crippen LogP contribution in [0.2, 0.25) is 0 Å². The third-order valence-electron chi connectivity index (χ3n) is 5.83. The van der Waals surface area contributed by atoms with E-state index in [4.69, 9.17) is 4.74 Å². The minimum absolute atomic E-state index is 0.0287. The van der Waals surface area contributed by atoms with Crippen LogP contribution in [0, 0.1) is 5.92 Å².